The number of imidazole rings is 1. The van der Waals surface area contributed by atoms with E-state index in [2.05, 4.69) is 27.4 Å². The summed E-state index contributed by atoms with van der Waals surface area (Å²) < 4.78 is 8.01. The van der Waals surface area contributed by atoms with Crippen molar-refractivity contribution in [3.05, 3.63) is 24.2 Å². The van der Waals surface area contributed by atoms with E-state index >= 15 is 0 Å². The third kappa shape index (κ3) is 2.88. The summed E-state index contributed by atoms with van der Waals surface area (Å²) in [6.45, 7) is 7.49. The molecule has 2 saturated heterocycles. The number of ether oxygens (including phenoxy) is 1. The molecule has 0 N–H and O–H groups in total. The van der Waals surface area contributed by atoms with Crippen molar-refractivity contribution in [2.24, 2.45) is 0 Å². The molecule has 0 aromatic carbocycles. The minimum absolute atomic E-state index is 0.489. The Labute approximate surface area is 137 Å². The van der Waals surface area contributed by atoms with Gasteiger partial charge in [0.15, 0.2) is 5.65 Å². The fourth-order valence-electron chi connectivity index (χ4n) is 4.05. The lowest BCUT2D eigenvalue weighted by Gasteiger charge is -2.32. The molecule has 0 saturated carbocycles. The van der Waals surface area contributed by atoms with E-state index in [1.165, 1.54) is 31.8 Å². The van der Waals surface area contributed by atoms with Crippen LogP contribution in [0.3, 0.4) is 0 Å². The summed E-state index contributed by atoms with van der Waals surface area (Å²) >= 11 is 0. The zero-order valence-electron chi connectivity index (χ0n) is 13.9. The lowest BCUT2D eigenvalue weighted by atomic mass is 9.95. The standard InChI is InChI=1S/C18H26N4O/c1-2-21-10-5-14(6-11-21)17-20-16-4-3-9-19-18(16)22(17)15-7-12-23-13-8-15/h3-4,9,14-15H,2,5-8,10-13H2,1H3. The molecule has 0 aliphatic carbocycles. The van der Waals surface area contributed by atoms with Crippen molar-refractivity contribution in [2.45, 2.75) is 44.6 Å². The van der Waals surface area contributed by atoms with Crippen molar-refractivity contribution >= 4 is 11.2 Å². The van der Waals surface area contributed by atoms with Crippen molar-refractivity contribution in [1.29, 1.82) is 0 Å². The van der Waals surface area contributed by atoms with Gasteiger partial charge in [-0.05, 0) is 57.5 Å². The van der Waals surface area contributed by atoms with Gasteiger partial charge in [-0.25, -0.2) is 9.97 Å². The molecular formula is C18H26N4O. The topological polar surface area (TPSA) is 43.2 Å². The van der Waals surface area contributed by atoms with Gasteiger partial charge < -0.3 is 14.2 Å². The van der Waals surface area contributed by atoms with Gasteiger partial charge in [-0.15, -0.1) is 0 Å². The number of fused-ring (bicyclic) bond motifs is 1. The Hall–Kier alpha value is -1.46. The molecule has 0 unspecified atom stereocenters. The van der Waals surface area contributed by atoms with Crippen LogP contribution in [0, 0.1) is 0 Å². The molecule has 2 aliphatic rings. The average molecular weight is 314 g/mol. The third-order valence-electron chi connectivity index (χ3n) is 5.43. The number of pyridine rings is 1. The Kier molecular flexibility index (Phi) is 4.31. The Morgan fingerprint density at radius 1 is 1.17 bits per heavy atom. The van der Waals surface area contributed by atoms with Crippen LogP contribution in [0.1, 0.15) is 50.4 Å². The molecule has 0 bridgehead atoms. The Morgan fingerprint density at radius 2 is 1.96 bits per heavy atom. The van der Waals surface area contributed by atoms with Crippen molar-refractivity contribution < 1.29 is 4.74 Å². The number of hydrogen-bond acceptors (Lipinski definition) is 4. The van der Waals surface area contributed by atoms with Crippen LogP contribution in [-0.4, -0.2) is 52.3 Å². The SMILES string of the molecule is CCN1CCC(c2nc3cccnc3n2C2CCOCC2)CC1. The summed E-state index contributed by atoms with van der Waals surface area (Å²) in [5, 5.41) is 0. The van der Waals surface area contributed by atoms with Crippen LogP contribution in [0.4, 0.5) is 0 Å². The molecule has 23 heavy (non-hydrogen) atoms. The van der Waals surface area contributed by atoms with Crippen LogP contribution < -0.4 is 0 Å². The first-order valence-corrected chi connectivity index (χ1v) is 8.99. The van der Waals surface area contributed by atoms with Crippen molar-refractivity contribution in [1.82, 2.24) is 19.4 Å². The maximum absolute atomic E-state index is 5.56. The number of piperidine rings is 1. The van der Waals surface area contributed by atoms with Crippen LogP contribution in [0.15, 0.2) is 18.3 Å². The Bertz CT molecular complexity index is 654. The summed E-state index contributed by atoms with van der Waals surface area (Å²) in [5.41, 5.74) is 2.11. The zero-order chi connectivity index (χ0) is 15.6. The number of aromatic nitrogens is 3. The normalized spacial score (nSPS) is 22.0. The maximum Gasteiger partial charge on any atom is 0.160 e. The van der Waals surface area contributed by atoms with E-state index in [1.807, 2.05) is 12.3 Å². The van der Waals surface area contributed by atoms with Crippen molar-refractivity contribution in [3.63, 3.8) is 0 Å². The molecule has 0 atom stereocenters. The summed E-state index contributed by atoms with van der Waals surface area (Å²) in [6.07, 6.45) is 6.45. The largest absolute Gasteiger partial charge is 0.381 e. The second-order valence-corrected chi connectivity index (χ2v) is 6.74. The van der Waals surface area contributed by atoms with Gasteiger partial charge in [0.1, 0.15) is 11.3 Å². The van der Waals surface area contributed by atoms with E-state index < -0.39 is 0 Å². The maximum atomic E-state index is 5.56. The molecule has 2 aromatic rings. The zero-order valence-corrected chi connectivity index (χ0v) is 13.9. The second kappa shape index (κ2) is 6.57. The predicted molar refractivity (Wildman–Crippen MR) is 90.7 cm³/mol. The molecule has 4 rings (SSSR count). The molecule has 5 nitrogen and oxygen atoms in total. The van der Waals surface area contributed by atoms with Crippen LogP contribution in [0.25, 0.3) is 11.2 Å². The molecule has 4 heterocycles. The van der Waals surface area contributed by atoms with Crippen LogP contribution >= 0.6 is 0 Å². The van der Waals surface area contributed by atoms with Gasteiger partial charge >= 0.3 is 0 Å². The molecule has 0 spiro atoms. The average Bonchev–Trinajstić information content (AvgIpc) is 3.02. The Morgan fingerprint density at radius 3 is 2.70 bits per heavy atom. The van der Waals surface area contributed by atoms with Crippen LogP contribution in [0.2, 0.25) is 0 Å². The van der Waals surface area contributed by atoms with Gasteiger partial charge in [0, 0.05) is 31.4 Å². The number of nitrogens with zero attached hydrogens (tertiary/aromatic N) is 4. The first kappa shape index (κ1) is 15.1. The molecule has 2 aliphatic heterocycles. The van der Waals surface area contributed by atoms with E-state index in [4.69, 9.17) is 9.72 Å². The Balaban J connectivity index is 1.70. The lowest BCUT2D eigenvalue weighted by Crippen LogP contribution is -2.34. The van der Waals surface area contributed by atoms with Crippen LogP contribution in [0.5, 0.6) is 0 Å². The molecule has 124 valence electrons. The monoisotopic (exact) mass is 314 g/mol. The van der Waals surface area contributed by atoms with Gasteiger partial charge in [-0.2, -0.15) is 0 Å². The molecule has 2 aromatic heterocycles. The van der Waals surface area contributed by atoms with Gasteiger partial charge in [0.2, 0.25) is 0 Å². The van der Waals surface area contributed by atoms with E-state index in [9.17, 15) is 0 Å². The van der Waals surface area contributed by atoms with E-state index in [1.54, 1.807) is 0 Å². The fourth-order valence-corrected chi connectivity index (χ4v) is 4.05. The first-order chi connectivity index (χ1) is 11.4. The number of likely N-dealkylation sites (tertiary alicyclic amines) is 1. The van der Waals surface area contributed by atoms with E-state index in [-0.39, 0.29) is 0 Å². The summed E-state index contributed by atoms with van der Waals surface area (Å²) in [7, 11) is 0. The number of hydrogen-bond donors (Lipinski definition) is 0. The highest BCUT2D eigenvalue weighted by molar-refractivity contribution is 5.71. The van der Waals surface area contributed by atoms with Gasteiger partial charge in [0.05, 0.1) is 0 Å². The highest BCUT2D eigenvalue weighted by Crippen LogP contribution is 2.34. The van der Waals surface area contributed by atoms with Gasteiger partial charge in [-0.1, -0.05) is 6.92 Å². The van der Waals surface area contributed by atoms with Gasteiger partial charge in [0.25, 0.3) is 0 Å². The lowest BCUT2D eigenvalue weighted by molar-refractivity contribution is 0.0690. The molecule has 5 heteroatoms. The second-order valence-electron chi connectivity index (χ2n) is 6.74. The smallest absolute Gasteiger partial charge is 0.160 e. The minimum atomic E-state index is 0.489. The van der Waals surface area contributed by atoms with Gasteiger partial charge in [-0.3, -0.25) is 0 Å². The molecule has 0 radical (unpaired) electrons. The molecule has 2 fully saturated rings. The van der Waals surface area contributed by atoms with Crippen molar-refractivity contribution in [2.75, 3.05) is 32.8 Å². The van der Waals surface area contributed by atoms with Crippen LogP contribution in [-0.2, 0) is 4.74 Å². The first-order valence-electron chi connectivity index (χ1n) is 8.99. The highest BCUT2D eigenvalue weighted by atomic mass is 16.5. The summed E-state index contributed by atoms with van der Waals surface area (Å²) in [5.74, 6) is 1.83. The molecule has 0 amide bonds. The summed E-state index contributed by atoms with van der Waals surface area (Å²) in [4.78, 5) is 12.2. The predicted octanol–water partition coefficient (Wildman–Crippen LogP) is 2.98. The minimum Gasteiger partial charge on any atom is -0.381 e. The highest BCUT2D eigenvalue weighted by Gasteiger charge is 2.29. The third-order valence-corrected chi connectivity index (χ3v) is 5.43. The van der Waals surface area contributed by atoms with E-state index in [0.29, 0.717) is 12.0 Å². The fraction of sp³-hybridized carbons (Fsp3) is 0.667. The quantitative estimate of drug-likeness (QED) is 0.873. The van der Waals surface area contributed by atoms with E-state index in [0.717, 1.165) is 43.8 Å². The number of rotatable bonds is 3. The van der Waals surface area contributed by atoms with Crippen molar-refractivity contribution in [3.8, 4) is 0 Å². The molecular weight excluding hydrogens is 288 g/mol. The summed E-state index contributed by atoms with van der Waals surface area (Å²) in [6, 6.07) is 4.58.